The summed E-state index contributed by atoms with van der Waals surface area (Å²) in [4.78, 5) is 2.43. The third-order valence-corrected chi connectivity index (χ3v) is 4.71. The number of rotatable bonds is 4. The SMILES string of the molecule is Cc1cc(C(O)C(C)CN2CCNCC2)ccc1Br. The molecule has 0 bridgehead atoms. The Kier molecular flexibility index (Phi) is 5.39. The zero-order valence-corrected chi connectivity index (χ0v) is 13.3. The maximum Gasteiger partial charge on any atom is 0.0827 e. The molecule has 2 unspecified atom stereocenters. The zero-order valence-electron chi connectivity index (χ0n) is 11.7. The van der Waals surface area contributed by atoms with Crippen molar-refractivity contribution >= 4 is 15.9 Å². The summed E-state index contributed by atoms with van der Waals surface area (Å²) in [6.45, 7) is 9.41. The molecule has 1 aromatic rings. The molecule has 0 radical (unpaired) electrons. The summed E-state index contributed by atoms with van der Waals surface area (Å²) in [6.07, 6.45) is -0.387. The van der Waals surface area contributed by atoms with Gasteiger partial charge >= 0.3 is 0 Å². The fourth-order valence-corrected chi connectivity index (χ4v) is 2.83. The fourth-order valence-electron chi connectivity index (χ4n) is 2.58. The van der Waals surface area contributed by atoms with E-state index in [-0.39, 0.29) is 12.0 Å². The Hall–Kier alpha value is -0.420. The molecule has 1 aromatic carbocycles. The molecule has 2 atom stereocenters. The molecule has 2 rings (SSSR count). The molecule has 1 aliphatic heterocycles. The first kappa shape index (κ1) is 15.0. The van der Waals surface area contributed by atoms with Gasteiger partial charge in [-0.25, -0.2) is 0 Å². The van der Waals surface area contributed by atoms with E-state index in [1.54, 1.807) is 0 Å². The first-order chi connectivity index (χ1) is 9.08. The number of nitrogens with one attached hydrogen (secondary N) is 1. The number of nitrogens with zero attached hydrogens (tertiary/aromatic N) is 1. The van der Waals surface area contributed by atoms with Crippen molar-refractivity contribution in [1.82, 2.24) is 10.2 Å². The monoisotopic (exact) mass is 326 g/mol. The van der Waals surface area contributed by atoms with Crippen LogP contribution in [0, 0.1) is 12.8 Å². The maximum atomic E-state index is 10.5. The van der Waals surface area contributed by atoms with Crippen LogP contribution in [-0.2, 0) is 0 Å². The van der Waals surface area contributed by atoms with Gasteiger partial charge in [0, 0.05) is 37.2 Å². The van der Waals surface area contributed by atoms with Crippen molar-refractivity contribution in [2.24, 2.45) is 5.92 Å². The number of hydrogen-bond acceptors (Lipinski definition) is 3. The number of aryl methyl sites for hydroxylation is 1. The molecule has 1 saturated heterocycles. The molecule has 1 fully saturated rings. The Morgan fingerprint density at radius 1 is 1.37 bits per heavy atom. The van der Waals surface area contributed by atoms with Crippen LogP contribution in [0.1, 0.15) is 24.2 Å². The highest BCUT2D eigenvalue weighted by molar-refractivity contribution is 9.10. The first-order valence-electron chi connectivity index (χ1n) is 6.95. The van der Waals surface area contributed by atoms with Crippen LogP contribution in [0.25, 0.3) is 0 Å². The predicted molar refractivity (Wildman–Crippen MR) is 82.3 cm³/mol. The summed E-state index contributed by atoms with van der Waals surface area (Å²) in [5, 5.41) is 13.8. The Morgan fingerprint density at radius 2 is 2.05 bits per heavy atom. The van der Waals surface area contributed by atoms with Crippen molar-refractivity contribution in [2.45, 2.75) is 20.0 Å². The smallest absolute Gasteiger partial charge is 0.0827 e. The number of aliphatic hydroxyl groups is 1. The predicted octanol–water partition coefficient (Wildman–Crippen LogP) is 2.33. The lowest BCUT2D eigenvalue weighted by molar-refractivity contribution is 0.0842. The molecule has 106 valence electrons. The molecule has 0 saturated carbocycles. The lowest BCUT2D eigenvalue weighted by Gasteiger charge is -2.31. The van der Waals surface area contributed by atoms with Gasteiger partial charge in [0.15, 0.2) is 0 Å². The minimum atomic E-state index is -0.387. The van der Waals surface area contributed by atoms with Crippen LogP contribution in [0.5, 0.6) is 0 Å². The van der Waals surface area contributed by atoms with Crippen LogP contribution >= 0.6 is 15.9 Å². The van der Waals surface area contributed by atoms with Crippen LogP contribution in [0.15, 0.2) is 22.7 Å². The van der Waals surface area contributed by atoms with Crippen LogP contribution in [0.2, 0.25) is 0 Å². The minimum absolute atomic E-state index is 0.249. The number of halogens is 1. The van der Waals surface area contributed by atoms with Gasteiger partial charge in [-0.05, 0) is 30.0 Å². The van der Waals surface area contributed by atoms with E-state index in [2.05, 4.69) is 46.1 Å². The number of hydrogen-bond donors (Lipinski definition) is 2. The highest BCUT2D eigenvalue weighted by Crippen LogP contribution is 2.26. The Morgan fingerprint density at radius 3 is 2.68 bits per heavy atom. The van der Waals surface area contributed by atoms with Crippen LogP contribution in [0.4, 0.5) is 0 Å². The van der Waals surface area contributed by atoms with Gasteiger partial charge in [-0.2, -0.15) is 0 Å². The van der Waals surface area contributed by atoms with Gasteiger partial charge < -0.3 is 15.3 Å². The molecule has 0 aromatic heterocycles. The highest BCUT2D eigenvalue weighted by Gasteiger charge is 2.20. The van der Waals surface area contributed by atoms with Gasteiger partial charge in [0.25, 0.3) is 0 Å². The Balaban J connectivity index is 1.97. The van der Waals surface area contributed by atoms with Crippen molar-refractivity contribution in [1.29, 1.82) is 0 Å². The van der Waals surface area contributed by atoms with Crippen molar-refractivity contribution < 1.29 is 5.11 Å². The van der Waals surface area contributed by atoms with E-state index in [0.717, 1.165) is 42.8 Å². The summed E-state index contributed by atoms with van der Waals surface area (Å²) in [5.41, 5.74) is 2.19. The summed E-state index contributed by atoms with van der Waals surface area (Å²) < 4.78 is 1.10. The van der Waals surface area contributed by atoms with Gasteiger partial charge in [-0.1, -0.05) is 35.0 Å². The van der Waals surface area contributed by atoms with Gasteiger partial charge in [0.05, 0.1) is 6.10 Å². The molecule has 0 amide bonds. The topological polar surface area (TPSA) is 35.5 Å². The second-order valence-electron chi connectivity index (χ2n) is 5.48. The number of aliphatic hydroxyl groups excluding tert-OH is 1. The maximum absolute atomic E-state index is 10.5. The van der Waals surface area contributed by atoms with Crippen LogP contribution in [0.3, 0.4) is 0 Å². The minimum Gasteiger partial charge on any atom is -0.388 e. The summed E-state index contributed by atoms with van der Waals surface area (Å²) >= 11 is 3.50. The molecule has 0 spiro atoms. The Bertz CT molecular complexity index is 419. The molecule has 19 heavy (non-hydrogen) atoms. The van der Waals surface area contributed by atoms with E-state index in [9.17, 15) is 5.11 Å². The first-order valence-corrected chi connectivity index (χ1v) is 7.74. The van der Waals surface area contributed by atoms with E-state index >= 15 is 0 Å². The third kappa shape index (κ3) is 4.02. The van der Waals surface area contributed by atoms with E-state index in [1.165, 1.54) is 5.56 Å². The molecule has 3 nitrogen and oxygen atoms in total. The zero-order chi connectivity index (χ0) is 13.8. The summed E-state index contributed by atoms with van der Waals surface area (Å²) in [5.74, 6) is 0.249. The number of piperazine rings is 1. The van der Waals surface area contributed by atoms with Gasteiger partial charge in [-0.3, -0.25) is 0 Å². The molecule has 1 aliphatic rings. The molecular formula is C15H23BrN2O. The van der Waals surface area contributed by atoms with Gasteiger partial charge in [0.2, 0.25) is 0 Å². The average molecular weight is 327 g/mol. The van der Waals surface area contributed by atoms with Gasteiger partial charge in [-0.15, -0.1) is 0 Å². The summed E-state index contributed by atoms with van der Waals surface area (Å²) in [6, 6.07) is 6.10. The largest absolute Gasteiger partial charge is 0.388 e. The van der Waals surface area contributed by atoms with E-state index in [1.807, 2.05) is 12.1 Å². The van der Waals surface area contributed by atoms with E-state index in [0.29, 0.717) is 0 Å². The van der Waals surface area contributed by atoms with Crippen LogP contribution in [-0.4, -0.2) is 42.7 Å². The van der Waals surface area contributed by atoms with E-state index in [4.69, 9.17) is 0 Å². The van der Waals surface area contributed by atoms with E-state index < -0.39 is 0 Å². The van der Waals surface area contributed by atoms with Crippen molar-refractivity contribution in [3.05, 3.63) is 33.8 Å². The normalized spacial score (nSPS) is 20.2. The second kappa shape index (κ2) is 6.84. The van der Waals surface area contributed by atoms with Crippen LogP contribution < -0.4 is 5.32 Å². The lowest BCUT2D eigenvalue weighted by atomic mass is 9.95. The standard InChI is InChI=1S/C15H23BrN2O/c1-11-9-13(3-4-14(11)16)15(19)12(2)10-18-7-5-17-6-8-18/h3-4,9,12,15,17,19H,5-8,10H2,1-2H3. The summed E-state index contributed by atoms with van der Waals surface area (Å²) in [7, 11) is 0. The number of benzene rings is 1. The molecule has 4 heteroatoms. The fraction of sp³-hybridized carbons (Fsp3) is 0.600. The highest BCUT2D eigenvalue weighted by atomic mass is 79.9. The van der Waals surface area contributed by atoms with Crippen molar-refractivity contribution in [2.75, 3.05) is 32.7 Å². The third-order valence-electron chi connectivity index (χ3n) is 3.82. The Labute approximate surface area is 124 Å². The lowest BCUT2D eigenvalue weighted by Crippen LogP contribution is -2.45. The average Bonchev–Trinajstić information content (AvgIpc) is 2.42. The molecular weight excluding hydrogens is 304 g/mol. The van der Waals surface area contributed by atoms with Crippen molar-refractivity contribution in [3.8, 4) is 0 Å². The van der Waals surface area contributed by atoms with Crippen molar-refractivity contribution in [3.63, 3.8) is 0 Å². The molecule has 1 heterocycles. The quantitative estimate of drug-likeness (QED) is 0.891. The van der Waals surface area contributed by atoms with Gasteiger partial charge in [0.1, 0.15) is 0 Å². The molecule has 0 aliphatic carbocycles. The molecule has 2 N–H and O–H groups in total. The second-order valence-corrected chi connectivity index (χ2v) is 6.34.